The fraction of sp³-hybridized carbons (Fsp3) is 0.364. The molecule has 2 atom stereocenters. The average Bonchev–Trinajstić information content (AvgIpc) is 3.22. The van der Waals surface area contributed by atoms with Crippen molar-refractivity contribution in [3.05, 3.63) is 64.4 Å². The Labute approximate surface area is 178 Å². The minimum Gasteiger partial charge on any atom is -0.408 e. The van der Waals surface area contributed by atoms with Crippen molar-refractivity contribution in [3.8, 4) is 0 Å². The van der Waals surface area contributed by atoms with Crippen molar-refractivity contribution in [2.45, 2.75) is 18.7 Å². The molecule has 164 valence electrons. The maximum absolute atomic E-state index is 13.1. The third-order valence-electron chi connectivity index (χ3n) is 5.69. The number of carbonyl (C=O) groups is 1. The number of aromatic nitrogens is 1. The molecule has 2 aromatic carbocycles. The minimum atomic E-state index is -0.590. The number of hydrogen-bond acceptors (Lipinski definition) is 6. The Balaban J connectivity index is 1.33. The summed E-state index contributed by atoms with van der Waals surface area (Å²) >= 11 is 0. The molecule has 4 rings (SSSR count). The second-order valence-corrected chi connectivity index (χ2v) is 8.03. The van der Waals surface area contributed by atoms with Crippen molar-refractivity contribution in [3.63, 3.8) is 0 Å². The Bertz CT molecular complexity index is 1140. The molecule has 1 aliphatic rings. The summed E-state index contributed by atoms with van der Waals surface area (Å²) < 4.78 is 19.6. The van der Waals surface area contributed by atoms with Crippen molar-refractivity contribution in [2.75, 3.05) is 32.0 Å². The third-order valence-corrected chi connectivity index (χ3v) is 5.69. The fourth-order valence-corrected chi connectivity index (χ4v) is 4.02. The van der Waals surface area contributed by atoms with E-state index in [-0.39, 0.29) is 24.3 Å². The van der Waals surface area contributed by atoms with Crippen LogP contribution in [0, 0.1) is 5.82 Å². The summed E-state index contributed by atoms with van der Waals surface area (Å²) in [7, 11) is 3.53. The van der Waals surface area contributed by atoms with Gasteiger partial charge < -0.3 is 14.8 Å². The summed E-state index contributed by atoms with van der Waals surface area (Å²) in [5.74, 6) is -0.954. The molecule has 0 spiro atoms. The Hall–Kier alpha value is -3.01. The molecule has 1 fully saturated rings. The molecular weight excluding hydrogens is 403 g/mol. The number of amides is 1. The quantitative estimate of drug-likeness (QED) is 0.617. The van der Waals surface area contributed by atoms with Crippen LogP contribution in [0.15, 0.2) is 51.7 Å². The highest BCUT2D eigenvalue weighted by Crippen LogP contribution is 2.20. The number of β-amino-alcohol motifs (C(OH)–C–C–N with tert-alkyl or cyclic N) is 1. The van der Waals surface area contributed by atoms with E-state index in [1.807, 2.05) is 16.8 Å². The average molecular weight is 428 g/mol. The number of carbonyl (C=O) groups excluding carboxylic acids is 1. The summed E-state index contributed by atoms with van der Waals surface area (Å²) in [6, 6.07) is 11.2. The molecule has 0 saturated carbocycles. The first-order valence-electron chi connectivity index (χ1n) is 10.0. The van der Waals surface area contributed by atoms with Crippen molar-refractivity contribution >= 4 is 22.7 Å². The van der Waals surface area contributed by atoms with Crippen molar-refractivity contribution in [1.29, 1.82) is 0 Å². The van der Waals surface area contributed by atoms with Gasteiger partial charge in [-0.15, -0.1) is 0 Å². The Morgan fingerprint density at radius 3 is 2.74 bits per heavy atom. The number of nitrogens with one attached hydrogen (secondary N) is 1. The first kappa shape index (κ1) is 21.2. The van der Waals surface area contributed by atoms with E-state index in [1.165, 1.54) is 16.7 Å². The highest BCUT2D eigenvalue weighted by molar-refractivity contribution is 5.94. The van der Waals surface area contributed by atoms with Gasteiger partial charge in [0.05, 0.1) is 18.2 Å². The molecule has 31 heavy (non-hydrogen) atoms. The summed E-state index contributed by atoms with van der Waals surface area (Å²) in [4.78, 5) is 28.0. The second-order valence-electron chi connectivity index (χ2n) is 8.03. The lowest BCUT2D eigenvalue weighted by Gasteiger charge is -2.26. The van der Waals surface area contributed by atoms with Gasteiger partial charge in [0.1, 0.15) is 5.82 Å². The first-order valence-corrected chi connectivity index (χ1v) is 10.0. The lowest BCUT2D eigenvalue weighted by Crippen LogP contribution is -2.40. The van der Waals surface area contributed by atoms with Gasteiger partial charge in [-0.1, -0.05) is 12.1 Å². The van der Waals surface area contributed by atoms with E-state index in [0.29, 0.717) is 36.4 Å². The van der Waals surface area contributed by atoms with Crippen LogP contribution < -0.4 is 11.1 Å². The number of rotatable bonds is 6. The highest BCUT2D eigenvalue weighted by atomic mass is 19.1. The lowest BCUT2D eigenvalue weighted by molar-refractivity contribution is -0.117. The number of aryl methyl sites for hydroxylation is 1. The molecule has 1 aliphatic heterocycles. The maximum Gasteiger partial charge on any atom is 0.419 e. The van der Waals surface area contributed by atoms with Crippen LogP contribution >= 0.6 is 0 Å². The van der Waals surface area contributed by atoms with Crippen LogP contribution in [0.4, 0.5) is 10.1 Å². The van der Waals surface area contributed by atoms with Crippen LogP contribution in [0.25, 0.3) is 11.1 Å². The van der Waals surface area contributed by atoms with Gasteiger partial charge in [-0.25, -0.2) is 9.18 Å². The smallest absolute Gasteiger partial charge is 0.408 e. The van der Waals surface area contributed by atoms with E-state index in [9.17, 15) is 19.1 Å². The maximum atomic E-state index is 13.1. The number of nitrogens with zero attached hydrogens (tertiary/aromatic N) is 3. The van der Waals surface area contributed by atoms with Gasteiger partial charge in [-0.2, -0.15) is 0 Å². The molecule has 2 N–H and O–H groups in total. The number of aliphatic hydroxyl groups is 1. The van der Waals surface area contributed by atoms with E-state index in [2.05, 4.69) is 5.32 Å². The molecular formula is C22H25FN4O4. The zero-order chi connectivity index (χ0) is 22.1. The number of halogens is 1. The van der Waals surface area contributed by atoms with Gasteiger partial charge in [0.25, 0.3) is 0 Å². The normalized spacial score (nSPS) is 19.4. The zero-order valence-electron chi connectivity index (χ0n) is 17.4. The summed E-state index contributed by atoms with van der Waals surface area (Å²) in [5, 5.41) is 13.3. The summed E-state index contributed by atoms with van der Waals surface area (Å²) in [5.41, 5.74) is 2.55. The Morgan fingerprint density at radius 2 is 2.00 bits per heavy atom. The van der Waals surface area contributed by atoms with E-state index in [0.717, 1.165) is 5.56 Å². The number of anilines is 1. The summed E-state index contributed by atoms with van der Waals surface area (Å²) in [6.45, 7) is 1.64. The van der Waals surface area contributed by atoms with E-state index < -0.39 is 11.9 Å². The second kappa shape index (κ2) is 8.62. The summed E-state index contributed by atoms with van der Waals surface area (Å²) in [6.07, 6.45) is -0.590. The van der Waals surface area contributed by atoms with Crippen LogP contribution in [0.2, 0.25) is 0 Å². The number of fused-ring (bicyclic) bond motifs is 1. The number of aliphatic hydroxyl groups excluding tert-OH is 1. The fourth-order valence-electron chi connectivity index (χ4n) is 4.02. The predicted octanol–water partition coefficient (Wildman–Crippen LogP) is 1.39. The largest absolute Gasteiger partial charge is 0.419 e. The number of oxazole rings is 1. The van der Waals surface area contributed by atoms with Crippen LogP contribution in [-0.2, 0) is 18.4 Å². The van der Waals surface area contributed by atoms with Crippen LogP contribution in [0.1, 0.15) is 5.56 Å². The van der Waals surface area contributed by atoms with Gasteiger partial charge in [0.15, 0.2) is 5.58 Å². The first-order chi connectivity index (χ1) is 14.8. The molecule has 9 heteroatoms. The highest BCUT2D eigenvalue weighted by Gasteiger charge is 2.34. The van der Waals surface area contributed by atoms with Gasteiger partial charge >= 0.3 is 5.76 Å². The molecule has 0 unspecified atom stereocenters. The number of benzene rings is 2. The molecule has 3 aromatic rings. The molecule has 0 radical (unpaired) electrons. The topological polar surface area (TPSA) is 91.0 Å². The third kappa shape index (κ3) is 4.68. The van der Waals surface area contributed by atoms with Crippen LogP contribution in [-0.4, -0.2) is 64.2 Å². The number of hydrogen-bond donors (Lipinski definition) is 2. The minimum absolute atomic E-state index is 0.132. The zero-order valence-corrected chi connectivity index (χ0v) is 17.4. The molecule has 0 bridgehead atoms. The monoisotopic (exact) mass is 428 g/mol. The standard InChI is InChI=1S/C22H25FN4O4/c1-25(10-14-3-5-15(23)6-4-14)18-11-27(12-19(18)28)13-21(29)24-16-7-8-17-20(9-16)31-22(30)26(17)2/h3-9,18-19,28H,10-13H2,1-2H3,(H,24,29)/t18-,19-/m0/s1. The van der Waals surface area contributed by atoms with Crippen molar-refractivity contribution < 1.29 is 18.7 Å². The van der Waals surface area contributed by atoms with Gasteiger partial charge in [-0.05, 0) is 36.9 Å². The van der Waals surface area contributed by atoms with Gasteiger partial charge in [0, 0.05) is 44.5 Å². The molecule has 2 heterocycles. The molecule has 1 aromatic heterocycles. The molecule has 0 aliphatic carbocycles. The van der Waals surface area contributed by atoms with Gasteiger partial charge in [0.2, 0.25) is 5.91 Å². The van der Waals surface area contributed by atoms with Crippen LogP contribution in [0.3, 0.4) is 0 Å². The van der Waals surface area contributed by atoms with Crippen molar-refractivity contribution in [1.82, 2.24) is 14.4 Å². The van der Waals surface area contributed by atoms with Gasteiger partial charge in [-0.3, -0.25) is 19.2 Å². The molecule has 1 amide bonds. The van der Waals surface area contributed by atoms with E-state index in [4.69, 9.17) is 4.42 Å². The number of likely N-dealkylation sites (tertiary alicyclic amines) is 1. The van der Waals surface area contributed by atoms with Crippen molar-refractivity contribution in [2.24, 2.45) is 7.05 Å². The Morgan fingerprint density at radius 1 is 1.26 bits per heavy atom. The van der Waals surface area contributed by atoms with E-state index >= 15 is 0 Å². The van der Waals surface area contributed by atoms with Crippen LogP contribution in [0.5, 0.6) is 0 Å². The predicted molar refractivity (Wildman–Crippen MR) is 114 cm³/mol. The SMILES string of the molecule is CN(Cc1ccc(F)cc1)[C@H]1CN(CC(=O)Nc2ccc3c(c2)oc(=O)n3C)C[C@@H]1O. The Kier molecular flexibility index (Phi) is 5.90. The van der Waals surface area contributed by atoms with E-state index in [1.54, 1.807) is 37.4 Å². The lowest BCUT2D eigenvalue weighted by atomic mass is 10.1. The molecule has 8 nitrogen and oxygen atoms in total. The molecule has 1 saturated heterocycles. The number of likely N-dealkylation sites (N-methyl/N-ethyl adjacent to an activating group) is 1.